The molecule has 5 nitrogen and oxygen atoms in total. The van der Waals surface area contributed by atoms with Crippen LogP contribution < -0.4 is 10.0 Å². The number of carbonyl (C=O) groups is 1. The Labute approximate surface area is 143 Å². The zero-order chi connectivity index (χ0) is 16.6. The van der Waals surface area contributed by atoms with Gasteiger partial charge >= 0.3 is 0 Å². The van der Waals surface area contributed by atoms with Crippen LogP contribution in [-0.4, -0.2) is 26.6 Å². The lowest BCUT2D eigenvalue weighted by Gasteiger charge is -2.29. The number of amides is 1. The van der Waals surface area contributed by atoms with E-state index in [0.29, 0.717) is 6.54 Å². The molecule has 120 valence electrons. The van der Waals surface area contributed by atoms with Gasteiger partial charge in [0.15, 0.2) is 0 Å². The van der Waals surface area contributed by atoms with E-state index in [1.807, 2.05) is 24.3 Å². The van der Waals surface area contributed by atoms with Crippen molar-refractivity contribution >= 4 is 45.0 Å². The molecule has 0 unspecified atom stereocenters. The second-order valence-electron chi connectivity index (χ2n) is 4.96. The maximum atomic E-state index is 12.8. The molecule has 0 aromatic heterocycles. The first-order valence-corrected chi connectivity index (χ1v) is 9.65. The summed E-state index contributed by atoms with van der Waals surface area (Å²) in [6.07, 6.45) is 0. The van der Waals surface area contributed by atoms with Crippen molar-refractivity contribution in [1.29, 1.82) is 0 Å². The van der Waals surface area contributed by atoms with Gasteiger partial charge in [0.05, 0.1) is 10.7 Å². The van der Waals surface area contributed by atoms with Gasteiger partial charge in [-0.05, 0) is 30.3 Å². The Bertz CT molecular complexity index is 884. The number of sulfonamides is 1. The van der Waals surface area contributed by atoms with Gasteiger partial charge in [0, 0.05) is 22.8 Å². The van der Waals surface area contributed by atoms with Gasteiger partial charge in [0.25, 0.3) is 5.91 Å². The molecule has 2 N–H and O–H groups in total. The number of hydrogen-bond donors (Lipinski definition) is 1. The number of rotatable bonds is 2. The number of thioether (sulfide) groups is 1. The SMILES string of the molecule is NS(=O)(=O)c1cc(C(=O)N2CCSc3ccccc32)ccc1Cl. The Morgan fingerprint density at radius 1 is 1.22 bits per heavy atom. The minimum absolute atomic E-state index is 0.00125. The zero-order valence-corrected chi connectivity index (χ0v) is 14.3. The van der Waals surface area contributed by atoms with Gasteiger partial charge in [0.1, 0.15) is 4.90 Å². The lowest BCUT2D eigenvalue weighted by Crippen LogP contribution is -2.35. The van der Waals surface area contributed by atoms with E-state index < -0.39 is 10.0 Å². The number of hydrogen-bond acceptors (Lipinski definition) is 4. The standard InChI is InChI=1S/C15H13ClN2O3S2/c16-11-6-5-10(9-14(11)23(17,20)21)15(19)18-7-8-22-13-4-2-1-3-12(13)18/h1-6,9H,7-8H2,(H2,17,20,21). The van der Waals surface area contributed by atoms with Crippen LogP contribution in [0.15, 0.2) is 52.3 Å². The Balaban J connectivity index is 2.03. The van der Waals surface area contributed by atoms with E-state index >= 15 is 0 Å². The number of halogens is 1. The number of para-hydroxylation sites is 1. The van der Waals surface area contributed by atoms with E-state index in [-0.39, 0.29) is 21.4 Å². The second kappa shape index (κ2) is 6.16. The molecule has 1 aliphatic rings. The summed E-state index contributed by atoms with van der Waals surface area (Å²) >= 11 is 7.55. The third-order valence-corrected chi connectivity index (χ3v) is 5.89. The highest BCUT2D eigenvalue weighted by Crippen LogP contribution is 2.35. The smallest absolute Gasteiger partial charge is 0.258 e. The van der Waals surface area contributed by atoms with Gasteiger partial charge in [-0.25, -0.2) is 13.6 Å². The van der Waals surface area contributed by atoms with E-state index in [4.69, 9.17) is 16.7 Å². The van der Waals surface area contributed by atoms with Gasteiger partial charge in [0.2, 0.25) is 10.0 Å². The zero-order valence-electron chi connectivity index (χ0n) is 11.9. The summed E-state index contributed by atoms with van der Waals surface area (Å²) in [7, 11) is -3.99. The number of fused-ring (bicyclic) bond motifs is 1. The number of nitrogens with zero attached hydrogens (tertiary/aromatic N) is 1. The van der Waals surface area contributed by atoms with Crippen LogP contribution in [0, 0.1) is 0 Å². The molecule has 1 heterocycles. The first-order valence-electron chi connectivity index (χ1n) is 6.74. The average molecular weight is 369 g/mol. The van der Waals surface area contributed by atoms with Crippen molar-refractivity contribution in [2.24, 2.45) is 5.14 Å². The van der Waals surface area contributed by atoms with Crippen LogP contribution in [0.5, 0.6) is 0 Å². The summed E-state index contributed by atoms with van der Waals surface area (Å²) in [5.74, 6) is 0.498. The van der Waals surface area contributed by atoms with E-state index in [2.05, 4.69) is 0 Å². The molecule has 0 saturated heterocycles. The maximum absolute atomic E-state index is 12.8. The highest BCUT2D eigenvalue weighted by molar-refractivity contribution is 7.99. The molecule has 1 amide bonds. The molecule has 0 fully saturated rings. The van der Waals surface area contributed by atoms with Crippen molar-refractivity contribution in [2.75, 3.05) is 17.2 Å². The summed E-state index contributed by atoms with van der Waals surface area (Å²) in [5.41, 5.74) is 1.06. The summed E-state index contributed by atoms with van der Waals surface area (Å²) in [5, 5.41) is 5.14. The average Bonchev–Trinajstić information content (AvgIpc) is 2.53. The fraction of sp³-hybridized carbons (Fsp3) is 0.133. The Kier molecular flexibility index (Phi) is 4.37. The molecule has 0 aliphatic carbocycles. The number of carbonyl (C=O) groups excluding carboxylic acids is 1. The second-order valence-corrected chi connectivity index (χ2v) is 8.04. The molecule has 2 aromatic rings. The summed E-state index contributed by atoms with van der Waals surface area (Å²) in [4.78, 5) is 15.2. The quantitative estimate of drug-likeness (QED) is 0.883. The third kappa shape index (κ3) is 3.23. The highest BCUT2D eigenvalue weighted by Gasteiger charge is 2.25. The van der Waals surface area contributed by atoms with Crippen LogP contribution in [0.25, 0.3) is 0 Å². The van der Waals surface area contributed by atoms with Crippen molar-refractivity contribution in [3.8, 4) is 0 Å². The first kappa shape index (κ1) is 16.3. The van der Waals surface area contributed by atoms with Crippen LogP contribution in [0.2, 0.25) is 5.02 Å². The predicted octanol–water partition coefficient (Wildman–Crippen LogP) is 2.74. The van der Waals surface area contributed by atoms with Crippen molar-refractivity contribution in [3.05, 3.63) is 53.1 Å². The van der Waals surface area contributed by atoms with E-state index in [0.717, 1.165) is 16.3 Å². The predicted molar refractivity (Wildman–Crippen MR) is 91.7 cm³/mol. The minimum atomic E-state index is -3.99. The first-order chi connectivity index (χ1) is 10.9. The van der Waals surface area contributed by atoms with Crippen LogP contribution in [0.1, 0.15) is 10.4 Å². The molecule has 8 heteroatoms. The molecule has 1 aliphatic heterocycles. The van der Waals surface area contributed by atoms with E-state index in [1.54, 1.807) is 16.7 Å². The molecular weight excluding hydrogens is 356 g/mol. The molecule has 0 saturated carbocycles. The van der Waals surface area contributed by atoms with Gasteiger partial charge in [-0.1, -0.05) is 23.7 Å². The van der Waals surface area contributed by atoms with Gasteiger partial charge in [-0.15, -0.1) is 11.8 Å². The van der Waals surface area contributed by atoms with Crippen molar-refractivity contribution in [3.63, 3.8) is 0 Å². The van der Waals surface area contributed by atoms with Crippen molar-refractivity contribution in [2.45, 2.75) is 9.79 Å². The number of anilines is 1. The normalized spacial score (nSPS) is 14.4. The monoisotopic (exact) mass is 368 g/mol. The molecule has 0 spiro atoms. The van der Waals surface area contributed by atoms with Crippen molar-refractivity contribution < 1.29 is 13.2 Å². The van der Waals surface area contributed by atoms with Gasteiger partial charge in [-0.3, -0.25) is 4.79 Å². The van der Waals surface area contributed by atoms with Crippen LogP contribution >= 0.6 is 23.4 Å². The van der Waals surface area contributed by atoms with Crippen molar-refractivity contribution in [1.82, 2.24) is 0 Å². The Morgan fingerprint density at radius 3 is 2.70 bits per heavy atom. The summed E-state index contributed by atoms with van der Waals surface area (Å²) < 4.78 is 23.1. The Morgan fingerprint density at radius 2 is 1.96 bits per heavy atom. The van der Waals surface area contributed by atoms with Crippen LogP contribution in [-0.2, 0) is 10.0 Å². The fourth-order valence-electron chi connectivity index (χ4n) is 2.39. The fourth-order valence-corrected chi connectivity index (χ4v) is 4.46. The molecule has 2 aromatic carbocycles. The summed E-state index contributed by atoms with van der Waals surface area (Å²) in [6.45, 7) is 0.549. The molecular formula is C15H13ClN2O3S2. The minimum Gasteiger partial charge on any atom is -0.306 e. The number of benzene rings is 2. The van der Waals surface area contributed by atoms with Gasteiger partial charge < -0.3 is 4.90 Å². The number of primary sulfonamides is 1. The molecule has 23 heavy (non-hydrogen) atoms. The largest absolute Gasteiger partial charge is 0.306 e. The molecule has 3 rings (SSSR count). The van der Waals surface area contributed by atoms with Gasteiger partial charge in [-0.2, -0.15) is 0 Å². The molecule has 0 atom stereocenters. The van der Waals surface area contributed by atoms with Crippen LogP contribution in [0.4, 0.5) is 5.69 Å². The maximum Gasteiger partial charge on any atom is 0.258 e. The Hall–Kier alpha value is -1.54. The number of nitrogens with two attached hydrogens (primary N) is 1. The van der Waals surface area contributed by atoms with E-state index in [1.165, 1.54) is 18.2 Å². The van der Waals surface area contributed by atoms with Crippen LogP contribution in [0.3, 0.4) is 0 Å². The third-order valence-electron chi connectivity index (χ3n) is 3.46. The van der Waals surface area contributed by atoms with E-state index in [9.17, 15) is 13.2 Å². The highest BCUT2D eigenvalue weighted by atomic mass is 35.5. The molecule has 0 radical (unpaired) electrons. The lowest BCUT2D eigenvalue weighted by atomic mass is 10.1. The topological polar surface area (TPSA) is 80.5 Å². The lowest BCUT2D eigenvalue weighted by molar-refractivity contribution is 0.0987. The molecule has 0 bridgehead atoms. The summed E-state index contributed by atoms with van der Waals surface area (Å²) in [6, 6.07) is 11.7.